The molecular formula is C25H34N4O5. The van der Waals surface area contributed by atoms with Crippen molar-refractivity contribution in [1.82, 2.24) is 14.4 Å². The highest BCUT2D eigenvalue weighted by molar-refractivity contribution is 5.99. The van der Waals surface area contributed by atoms with Crippen molar-refractivity contribution in [2.24, 2.45) is 18.7 Å². The third-order valence-corrected chi connectivity index (χ3v) is 7.24. The summed E-state index contributed by atoms with van der Waals surface area (Å²) in [4.78, 5) is 41.8. The zero-order chi connectivity index (χ0) is 24.4. The Morgan fingerprint density at radius 3 is 2.47 bits per heavy atom. The highest BCUT2D eigenvalue weighted by Gasteiger charge is 2.39. The lowest BCUT2D eigenvalue weighted by atomic mass is 9.84. The molecule has 2 N–H and O–H groups in total. The van der Waals surface area contributed by atoms with E-state index in [9.17, 15) is 14.4 Å². The van der Waals surface area contributed by atoms with Gasteiger partial charge in [-0.2, -0.15) is 0 Å². The third kappa shape index (κ3) is 4.69. The maximum Gasteiger partial charge on any atom is 0.405 e. The molecule has 1 unspecified atom stereocenters. The number of carbonyl (C=O) groups is 3. The van der Waals surface area contributed by atoms with E-state index < -0.39 is 12.2 Å². The van der Waals surface area contributed by atoms with Crippen LogP contribution in [0.2, 0.25) is 0 Å². The molecule has 1 saturated heterocycles. The summed E-state index contributed by atoms with van der Waals surface area (Å²) in [6.07, 6.45) is 3.11. The van der Waals surface area contributed by atoms with Crippen LogP contribution in [0, 0.1) is 5.92 Å². The molecule has 4 rings (SSSR count). The maximum atomic E-state index is 13.4. The number of nitrogens with zero attached hydrogens (tertiary/aromatic N) is 3. The van der Waals surface area contributed by atoms with Crippen LogP contribution in [-0.4, -0.2) is 71.2 Å². The van der Waals surface area contributed by atoms with Crippen LogP contribution in [0.25, 0.3) is 10.9 Å². The molecule has 2 fully saturated rings. The van der Waals surface area contributed by atoms with Gasteiger partial charge in [-0.15, -0.1) is 0 Å². The van der Waals surface area contributed by atoms with Crippen LogP contribution in [-0.2, 0) is 16.6 Å². The Hall–Kier alpha value is -3.23. The summed E-state index contributed by atoms with van der Waals surface area (Å²) in [5, 5.41) is 0.965. The number of aromatic nitrogens is 1. The number of primary amides is 1. The van der Waals surface area contributed by atoms with E-state index in [0.717, 1.165) is 48.8 Å². The topological polar surface area (TPSA) is 107 Å². The van der Waals surface area contributed by atoms with Crippen LogP contribution < -0.4 is 10.5 Å². The molecule has 34 heavy (non-hydrogen) atoms. The summed E-state index contributed by atoms with van der Waals surface area (Å²) in [7, 11) is 3.49. The van der Waals surface area contributed by atoms with Crippen molar-refractivity contribution in [3.05, 3.63) is 30.0 Å². The molecule has 9 nitrogen and oxygen atoms in total. The maximum absolute atomic E-state index is 13.4. The summed E-state index contributed by atoms with van der Waals surface area (Å²) in [5.74, 6) is 0.450. The number of benzene rings is 1. The van der Waals surface area contributed by atoms with Crippen LogP contribution in [0.3, 0.4) is 0 Å². The number of fused-ring (bicyclic) bond motifs is 1. The zero-order valence-corrected chi connectivity index (χ0v) is 20.2. The fourth-order valence-corrected chi connectivity index (χ4v) is 5.34. The first kappa shape index (κ1) is 23.9. The number of hydrogen-bond acceptors (Lipinski definition) is 5. The summed E-state index contributed by atoms with van der Waals surface area (Å²) in [6.45, 7) is 3.11. The van der Waals surface area contributed by atoms with Gasteiger partial charge in [0.1, 0.15) is 11.4 Å². The molecule has 2 aliphatic rings. The van der Waals surface area contributed by atoms with Crippen molar-refractivity contribution in [2.75, 3.05) is 26.7 Å². The molecule has 1 saturated carbocycles. The molecule has 2 aromatic rings. The standard InChI is InChI=1S/C25H34N4O5/c1-16-15-28(24(31)22(34-25(26)32)17-7-5-4-6-8-17)11-12-29(16)23(30)21-13-18-9-10-19(33-3)14-20(18)27(21)2/h9-10,13-14,16-17,22H,4-8,11-12,15H2,1-3H3,(H2,26,32)/t16-,22?/m1/s1. The van der Waals surface area contributed by atoms with Crippen LogP contribution in [0.4, 0.5) is 4.79 Å². The minimum Gasteiger partial charge on any atom is -0.497 e. The van der Waals surface area contributed by atoms with Gasteiger partial charge in [-0.1, -0.05) is 19.3 Å². The average molecular weight is 471 g/mol. The summed E-state index contributed by atoms with van der Waals surface area (Å²) >= 11 is 0. The molecule has 3 amide bonds. The largest absolute Gasteiger partial charge is 0.497 e. The van der Waals surface area contributed by atoms with Crippen molar-refractivity contribution in [3.63, 3.8) is 0 Å². The quantitative estimate of drug-likeness (QED) is 0.723. The fourth-order valence-electron chi connectivity index (χ4n) is 5.34. The van der Waals surface area contributed by atoms with Gasteiger partial charge in [-0.3, -0.25) is 9.59 Å². The lowest BCUT2D eigenvalue weighted by Crippen LogP contribution is -2.58. The van der Waals surface area contributed by atoms with Gasteiger partial charge in [0.25, 0.3) is 11.8 Å². The van der Waals surface area contributed by atoms with E-state index in [1.165, 1.54) is 0 Å². The van der Waals surface area contributed by atoms with Crippen molar-refractivity contribution in [3.8, 4) is 5.75 Å². The zero-order valence-electron chi connectivity index (χ0n) is 20.2. The molecule has 0 spiro atoms. The Morgan fingerprint density at radius 1 is 1.09 bits per heavy atom. The van der Waals surface area contributed by atoms with E-state index in [1.807, 2.05) is 42.8 Å². The van der Waals surface area contributed by atoms with Gasteiger partial charge < -0.3 is 29.6 Å². The van der Waals surface area contributed by atoms with Crippen LogP contribution in [0.5, 0.6) is 5.75 Å². The highest BCUT2D eigenvalue weighted by atomic mass is 16.6. The molecule has 1 aromatic heterocycles. The van der Waals surface area contributed by atoms with Gasteiger partial charge in [0.2, 0.25) is 0 Å². The Balaban J connectivity index is 1.47. The average Bonchev–Trinajstić information content (AvgIpc) is 3.17. The Morgan fingerprint density at radius 2 is 1.82 bits per heavy atom. The molecule has 0 radical (unpaired) electrons. The lowest BCUT2D eigenvalue weighted by molar-refractivity contribution is -0.146. The van der Waals surface area contributed by atoms with Gasteiger partial charge in [-0.25, -0.2) is 4.79 Å². The molecular weight excluding hydrogens is 436 g/mol. The first-order valence-electron chi connectivity index (χ1n) is 12.0. The lowest BCUT2D eigenvalue weighted by Gasteiger charge is -2.41. The second kappa shape index (κ2) is 9.95. The molecule has 1 aliphatic carbocycles. The number of aryl methyl sites for hydroxylation is 1. The summed E-state index contributed by atoms with van der Waals surface area (Å²) < 4.78 is 12.5. The first-order chi connectivity index (χ1) is 16.3. The molecule has 0 bridgehead atoms. The van der Waals surface area contributed by atoms with Crippen LogP contribution in [0.1, 0.15) is 49.5 Å². The van der Waals surface area contributed by atoms with E-state index in [0.29, 0.717) is 25.3 Å². The number of hydrogen-bond donors (Lipinski definition) is 1. The van der Waals surface area contributed by atoms with E-state index in [-0.39, 0.29) is 23.8 Å². The van der Waals surface area contributed by atoms with Gasteiger partial charge in [-0.05, 0) is 38.0 Å². The summed E-state index contributed by atoms with van der Waals surface area (Å²) in [5.41, 5.74) is 6.80. The predicted molar refractivity (Wildman–Crippen MR) is 128 cm³/mol. The first-order valence-corrected chi connectivity index (χ1v) is 12.0. The van der Waals surface area contributed by atoms with E-state index in [1.54, 1.807) is 16.9 Å². The fraction of sp³-hybridized carbons (Fsp3) is 0.560. The third-order valence-electron chi connectivity index (χ3n) is 7.24. The van der Waals surface area contributed by atoms with Crippen LogP contribution >= 0.6 is 0 Å². The molecule has 9 heteroatoms. The molecule has 1 aromatic carbocycles. The van der Waals surface area contributed by atoms with Crippen LogP contribution in [0.15, 0.2) is 24.3 Å². The monoisotopic (exact) mass is 470 g/mol. The molecule has 2 atom stereocenters. The number of piperazine rings is 1. The second-order valence-corrected chi connectivity index (χ2v) is 9.40. The number of amides is 3. The second-order valence-electron chi connectivity index (χ2n) is 9.40. The molecule has 184 valence electrons. The van der Waals surface area contributed by atoms with Gasteiger partial charge in [0, 0.05) is 50.1 Å². The highest BCUT2D eigenvalue weighted by Crippen LogP contribution is 2.30. The summed E-state index contributed by atoms with van der Waals surface area (Å²) in [6, 6.07) is 7.44. The predicted octanol–water partition coefficient (Wildman–Crippen LogP) is 2.90. The number of carbonyl (C=O) groups excluding carboxylic acids is 3. The van der Waals surface area contributed by atoms with Crippen molar-refractivity contribution < 1.29 is 23.9 Å². The Labute approximate surface area is 199 Å². The van der Waals surface area contributed by atoms with E-state index in [2.05, 4.69) is 0 Å². The smallest absolute Gasteiger partial charge is 0.405 e. The number of rotatable bonds is 5. The normalized spacial score (nSPS) is 20.3. The van der Waals surface area contributed by atoms with Gasteiger partial charge in [0.15, 0.2) is 6.10 Å². The Kier molecular flexibility index (Phi) is 7.00. The van der Waals surface area contributed by atoms with Crippen molar-refractivity contribution in [1.29, 1.82) is 0 Å². The van der Waals surface area contributed by atoms with E-state index in [4.69, 9.17) is 15.2 Å². The minimum absolute atomic E-state index is 0.00323. The number of nitrogens with two attached hydrogens (primary N) is 1. The van der Waals surface area contributed by atoms with Gasteiger partial charge in [0.05, 0.1) is 12.6 Å². The number of ether oxygens (including phenoxy) is 2. The van der Waals surface area contributed by atoms with Crippen molar-refractivity contribution >= 4 is 28.8 Å². The minimum atomic E-state index is -0.918. The molecule has 2 heterocycles. The molecule has 1 aliphatic heterocycles. The van der Waals surface area contributed by atoms with Crippen molar-refractivity contribution in [2.45, 2.75) is 51.2 Å². The van der Waals surface area contributed by atoms with Gasteiger partial charge >= 0.3 is 6.09 Å². The van der Waals surface area contributed by atoms with E-state index >= 15 is 0 Å². The number of methoxy groups -OCH3 is 1. The SMILES string of the molecule is COc1ccc2cc(C(=O)N3CCN(C(=O)C(OC(N)=O)C4CCCCC4)C[C@H]3C)n(C)c2c1. The Bertz CT molecular complexity index is 1070.